The van der Waals surface area contributed by atoms with E-state index in [1.165, 1.54) is 17.1 Å². The summed E-state index contributed by atoms with van der Waals surface area (Å²) in [4.78, 5) is 9.02. The summed E-state index contributed by atoms with van der Waals surface area (Å²) in [5.74, 6) is 0.938. The summed E-state index contributed by atoms with van der Waals surface area (Å²) in [6, 6.07) is 0. The van der Waals surface area contributed by atoms with Crippen molar-refractivity contribution in [2.24, 2.45) is 0 Å². The fraction of sp³-hybridized carbons (Fsp3) is 0.455. The van der Waals surface area contributed by atoms with Crippen molar-refractivity contribution < 1.29 is 0 Å². The average Bonchev–Trinajstić information content (AvgIpc) is 2.85. The van der Waals surface area contributed by atoms with E-state index in [4.69, 9.17) is 0 Å². The van der Waals surface area contributed by atoms with Crippen LogP contribution < -0.4 is 0 Å². The highest BCUT2D eigenvalue weighted by Crippen LogP contribution is 2.26. The van der Waals surface area contributed by atoms with Gasteiger partial charge in [0.1, 0.15) is 4.34 Å². The molecule has 0 N–H and O–H groups in total. The third kappa shape index (κ3) is 3.30. The van der Waals surface area contributed by atoms with E-state index in [-0.39, 0.29) is 0 Å². The molecular weight excluding hydrogens is 256 g/mol. The third-order valence-corrected chi connectivity index (χ3v) is 5.13. The van der Waals surface area contributed by atoms with Crippen molar-refractivity contribution >= 4 is 34.4 Å². The molecular formula is C11H14N2S3. The molecule has 0 aliphatic carbocycles. The van der Waals surface area contributed by atoms with Crippen LogP contribution in [0.5, 0.6) is 0 Å². The molecule has 0 amide bonds. The first-order valence-corrected chi connectivity index (χ1v) is 8.00. The zero-order valence-corrected chi connectivity index (χ0v) is 11.8. The monoisotopic (exact) mass is 270 g/mol. The Kier molecular flexibility index (Phi) is 4.37. The van der Waals surface area contributed by atoms with Crippen LogP contribution in [0.4, 0.5) is 0 Å². The quantitative estimate of drug-likeness (QED) is 0.763. The van der Waals surface area contributed by atoms with Crippen LogP contribution in [0.25, 0.3) is 0 Å². The molecule has 0 bridgehead atoms. The Morgan fingerprint density at radius 1 is 1.25 bits per heavy atom. The Balaban J connectivity index is 1.89. The summed E-state index contributed by atoms with van der Waals surface area (Å²) in [5.41, 5.74) is 2.30. The van der Waals surface area contributed by atoms with E-state index in [9.17, 15) is 0 Å². The molecule has 2 aromatic rings. The number of thiazole rings is 2. The van der Waals surface area contributed by atoms with Crippen molar-refractivity contribution in [3.05, 3.63) is 27.2 Å². The molecule has 2 rings (SSSR count). The van der Waals surface area contributed by atoms with E-state index < -0.39 is 0 Å². The van der Waals surface area contributed by atoms with E-state index in [1.54, 1.807) is 34.4 Å². The molecule has 0 saturated heterocycles. The largest absolute Gasteiger partial charge is 0.245 e. The minimum absolute atomic E-state index is 0.938. The molecule has 16 heavy (non-hydrogen) atoms. The van der Waals surface area contributed by atoms with Gasteiger partial charge in [0, 0.05) is 22.2 Å². The van der Waals surface area contributed by atoms with Crippen molar-refractivity contribution in [1.29, 1.82) is 0 Å². The molecule has 0 fully saturated rings. The molecule has 0 saturated carbocycles. The number of nitrogens with zero attached hydrogens (tertiary/aromatic N) is 2. The summed E-state index contributed by atoms with van der Waals surface area (Å²) in [7, 11) is 0. The number of hydrogen-bond acceptors (Lipinski definition) is 5. The maximum Gasteiger partial charge on any atom is 0.150 e. The Morgan fingerprint density at radius 3 is 2.81 bits per heavy atom. The smallest absolute Gasteiger partial charge is 0.150 e. The molecule has 0 aliphatic rings. The SMILES string of the molecule is CCCc1nc(CSc2nc(C)cs2)cs1. The van der Waals surface area contributed by atoms with Crippen LogP contribution in [0.1, 0.15) is 29.7 Å². The van der Waals surface area contributed by atoms with Gasteiger partial charge in [0.2, 0.25) is 0 Å². The summed E-state index contributed by atoms with van der Waals surface area (Å²) in [5, 5.41) is 5.51. The zero-order valence-electron chi connectivity index (χ0n) is 9.40. The van der Waals surface area contributed by atoms with E-state index >= 15 is 0 Å². The maximum atomic E-state index is 4.60. The van der Waals surface area contributed by atoms with Gasteiger partial charge < -0.3 is 0 Å². The second-order valence-electron chi connectivity index (χ2n) is 3.53. The fourth-order valence-corrected chi connectivity index (χ4v) is 4.03. The highest BCUT2D eigenvalue weighted by atomic mass is 32.2. The number of hydrogen-bond donors (Lipinski definition) is 0. The second kappa shape index (κ2) is 5.80. The first kappa shape index (κ1) is 12.1. The van der Waals surface area contributed by atoms with Crippen LogP contribution >= 0.6 is 34.4 Å². The van der Waals surface area contributed by atoms with Crippen LogP contribution in [-0.4, -0.2) is 9.97 Å². The van der Waals surface area contributed by atoms with Crippen LogP contribution in [0, 0.1) is 6.92 Å². The minimum atomic E-state index is 0.938. The molecule has 0 spiro atoms. The van der Waals surface area contributed by atoms with E-state index in [1.807, 2.05) is 6.92 Å². The third-order valence-electron chi connectivity index (χ3n) is 2.00. The highest BCUT2D eigenvalue weighted by Gasteiger charge is 2.04. The maximum absolute atomic E-state index is 4.60. The van der Waals surface area contributed by atoms with Gasteiger partial charge in [0.05, 0.1) is 10.7 Å². The Labute approximate surface area is 108 Å². The van der Waals surface area contributed by atoms with Crippen LogP contribution in [0.3, 0.4) is 0 Å². The molecule has 5 heteroatoms. The first-order chi connectivity index (χ1) is 7.78. The van der Waals surface area contributed by atoms with Gasteiger partial charge >= 0.3 is 0 Å². The normalized spacial score (nSPS) is 10.9. The summed E-state index contributed by atoms with van der Waals surface area (Å²) >= 11 is 5.26. The Bertz CT molecular complexity index is 448. The molecule has 2 nitrogen and oxygen atoms in total. The molecule has 0 unspecified atom stereocenters. The predicted octanol–water partition coefficient (Wildman–Crippen LogP) is 4.15. The molecule has 2 aromatic heterocycles. The molecule has 2 heterocycles. The topological polar surface area (TPSA) is 25.8 Å². The average molecular weight is 270 g/mol. The van der Waals surface area contributed by atoms with Crippen molar-refractivity contribution in [3.63, 3.8) is 0 Å². The number of thioether (sulfide) groups is 1. The van der Waals surface area contributed by atoms with Gasteiger partial charge in [-0.15, -0.1) is 22.7 Å². The summed E-state index contributed by atoms with van der Waals surface area (Å²) in [6.07, 6.45) is 2.28. The van der Waals surface area contributed by atoms with Crippen molar-refractivity contribution in [3.8, 4) is 0 Å². The lowest BCUT2D eigenvalue weighted by molar-refractivity contribution is 0.902. The Hall–Kier alpha value is -0.390. The lowest BCUT2D eigenvalue weighted by atomic mass is 10.3. The minimum Gasteiger partial charge on any atom is -0.245 e. The van der Waals surface area contributed by atoms with Gasteiger partial charge in [-0.2, -0.15) is 0 Å². The van der Waals surface area contributed by atoms with Gasteiger partial charge in [0.25, 0.3) is 0 Å². The van der Waals surface area contributed by atoms with Crippen molar-refractivity contribution in [2.45, 2.75) is 36.8 Å². The summed E-state index contributed by atoms with van der Waals surface area (Å²) < 4.78 is 1.14. The Morgan fingerprint density at radius 2 is 2.12 bits per heavy atom. The number of rotatable bonds is 5. The highest BCUT2D eigenvalue weighted by molar-refractivity contribution is 8.00. The fourth-order valence-electron chi connectivity index (χ4n) is 1.28. The zero-order chi connectivity index (χ0) is 11.4. The number of aromatic nitrogens is 2. The van der Waals surface area contributed by atoms with Crippen molar-refractivity contribution in [1.82, 2.24) is 9.97 Å². The van der Waals surface area contributed by atoms with Gasteiger partial charge in [-0.05, 0) is 19.8 Å². The second-order valence-corrected chi connectivity index (χ2v) is 6.55. The van der Waals surface area contributed by atoms with E-state index in [0.29, 0.717) is 0 Å². The lowest BCUT2D eigenvalue weighted by Gasteiger charge is -1.93. The van der Waals surface area contributed by atoms with Crippen molar-refractivity contribution in [2.75, 3.05) is 0 Å². The van der Waals surface area contributed by atoms with Crippen LogP contribution in [-0.2, 0) is 12.2 Å². The van der Waals surface area contributed by atoms with Gasteiger partial charge in [-0.3, -0.25) is 0 Å². The summed E-state index contributed by atoms with van der Waals surface area (Å²) in [6.45, 7) is 4.22. The van der Waals surface area contributed by atoms with Gasteiger partial charge in [-0.25, -0.2) is 9.97 Å². The van der Waals surface area contributed by atoms with Crippen LogP contribution in [0.2, 0.25) is 0 Å². The standard InChI is InChI=1S/C11H14N2S3/c1-3-4-10-13-9(6-14-10)7-16-11-12-8(2)5-15-11/h5-6H,3-4,7H2,1-2H3. The molecule has 0 aliphatic heterocycles. The first-order valence-electron chi connectivity index (χ1n) is 5.26. The van der Waals surface area contributed by atoms with Gasteiger partial charge in [-0.1, -0.05) is 18.7 Å². The number of aryl methyl sites for hydroxylation is 2. The van der Waals surface area contributed by atoms with Crippen LogP contribution in [0.15, 0.2) is 15.1 Å². The lowest BCUT2D eigenvalue weighted by Crippen LogP contribution is -1.84. The van der Waals surface area contributed by atoms with Gasteiger partial charge in [0.15, 0.2) is 0 Å². The molecule has 0 aromatic carbocycles. The molecule has 0 radical (unpaired) electrons. The van der Waals surface area contributed by atoms with E-state index in [0.717, 1.165) is 22.2 Å². The predicted molar refractivity (Wildman–Crippen MR) is 72.5 cm³/mol. The van der Waals surface area contributed by atoms with E-state index in [2.05, 4.69) is 27.7 Å². The molecule has 0 atom stereocenters. The molecule has 86 valence electrons.